The maximum atomic E-state index is 11.1. The van der Waals surface area contributed by atoms with Crippen LogP contribution in [-0.4, -0.2) is 54.0 Å². The van der Waals surface area contributed by atoms with E-state index in [-0.39, 0.29) is 11.5 Å². The Labute approximate surface area is 102 Å². The monoisotopic (exact) mass is 242 g/mol. The minimum absolute atomic E-state index is 0.0841. The highest BCUT2D eigenvalue weighted by Gasteiger charge is 2.54. The van der Waals surface area contributed by atoms with Crippen molar-refractivity contribution in [2.24, 2.45) is 5.41 Å². The first kappa shape index (κ1) is 12.6. The number of carbonyl (C=O) groups is 1. The van der Waals surface area contributed by atoms with Crippen LogP contribution < -0.4 is 5.32 Å². The molecule has 2 rings (SSSR count). The fourth-order valence-electron chi connectivity index (χ4n) is 3.01. The van der Waals surface area contributed by atoms with Gasteiger partial charge in [0, 0.05) is 19.1 Å². The van der Waals surface area contributed by atoms with Crippen molar-refractivity contribution in [1.82, 2.24) is 10.2 Å². The third kappa shape index (κ3) is 2.02. The first-order chi connectivity index (χ1) is 7.87. The number of amides is 1. The smallest absolute Gasteiger partial charge is 0.407 e. The summed E-state index contributed by atoms with van der Waals surface area (Å²) in [6.45, 7) is 8.93. The molecule has 0 aromatic rings. The molecule has 0 aromatic carbocycles. The maximum absolute atomic E-state index is 11.1. The molecule has 0 bridgehead atoms. The van der Waals surface area contributed by atoms with Gasteiger partial charge in [-0.25, -0.2) is 4.79 Å². The summed E-state index contributed by atoms with van der Waals surface area (Å²) >= 11 is 0. The van der Waals surface area contributed by atoms with Crippen molar-refractivity contribution in [3.8, 4) is 0 Å². The van der Waals surface area contributed by atoms with Crippen LogP contribution in [0.25, 0.3) is 0 Å². The van der Waals surface area contributed by atoms with Crippen LogP contribution in [0.2, 0.25) is 0 Å². The molecule has 2 N–H and O–H groups in total. The van der Waals surface area contributed by atoms with Gasteiger partial charge in [0.25, 0.3) is 0 Å². The van der Waals surface area contributed by atoms with Gasteiger partial charge in [-0.05, 0) is 11.8 Å². The average molecular weight is 242 g/mol. The molecule has 1 amide bonds. The van der Waals surface area contributed by atoms with E-state index in [1.54, 1.807) is 0 Å². The van der Waals surface area contributed by atoms with Crippen molar-refractivity contribution in [2.75, 3.05) is 26.2 Å². The van der Waals surface area contributed by atoms with Gasteiger partial charge >= 0.3 is 6.09 Å². The lowest BCUT2D eigenvalue weighted by Crippen LogP contribution is -2.71. The molecule has 17 heavy (non-hydrogen) atoms. The number of rotatable bonds is 0. The van der Waals surface area contributed by atoms with E-state index in [9.17, 15) is 4.79 Å². The first-order valence-corrected chi connectivity index (χ1v) is 6.22. The van der Waals surface area contributed by atoms with E-state index in [0.717, 1.165) is 13.0 Å². The molecule has 2 atom stereocenters. The van der Waals surface area contributed by atoms with Gasteiger partial charge in [-0.15, -0.1) is 0 Å². The number of likely N-dealkylation sites (tertiary alicyclic amines) is 1. The van der Waals surface area contributed by atoms with Crippen molar-refractivity contribution in [2.45, 2.75) is 38.8 Å². The van der Waals surface area contributed by atoms with Crippen LogP contribution >= 0.6 is 0 Å². The predicted molar refractivity (Wildman–Crippen MR) is 64.1 cm³/mol. The summed E-state index contributed by atoms with van der Waals surface area (Å²) in [6, 6.07) is 0.256. The van der Waals surface area contributed by atoms with Crippen LogP contribution in [0.3, 0.4) is 0 Å². The Morgan fingerprint density at radius 3 is 2.82 bits per heavy atom. The van der Waals surface area contributed by atoms with Crippen molar-refractivity contribution in [3.63, 3.8) is 0 Å². The van der Waals surface area contributed by atoms with Crippen LogP contribution in [0.1, 0.15) is 27.2 Å². The number of hydrogen-bond acceptors (Lipinski definition) is 3. The van der Waals surface area contributed by atoms with Gasteiger partial charge in [-0.3, -0.25) is 0 Å². The van der Waals surface area contributed by atoms with Gasteiger partial charge in [0.1, 0.15) is 5.60 Å². The second kappa shape index (κ2) is 4.14. The Hall–Kier alpha value is -0.810. The molecule has 5 nitrogen and oxygen atoms in total. The highest BCUT2D eigenvalue weighted by atomic mass is 16.5. The zero-order valence-corrected chi connectivity index (χ0v) is 10.8. The molecule has 2 aliphatic rings. The Balaban J connectivity index is 2.28. The fraction of sp³-hybridized carbons (Fsp3) is 0.917. The van der Waals surface area contributed by atoms with E-state index in [1.165, 1.54) is 4.90 Å². The quantitative estimate of drug-likeness (QED) is 0.669. The van der Waals surface area contributed by atoms with E-state index in [4.69, 9.17) is 9.84 Å². The summed E-state index contributed by atoms with van der Waals surface area (Å²) in [5.74, 6) is 0. The lowest BCUT2D eigenvalue weighted by Gasteiger charge is -2.56. The van der Waals surface area contributed by atoms with Gasteiger partial charge in [-0.1, -0.05) is 20.8 Å². The molecule has 98 valence electrons. The van der Waals surface area contributed by atoms with E-state index < -0.39 is 11.7 Å². The topological polar surface area (TPSA) is 61.8 Å². The number of carboxylic acid groups (broad SMARTS) is 1. The number of nitrogens with zero attached hydrogens (tertiary/aromatic N) is 1. The molecule has 0 unspecified atom stereocenters. The minimum atomic E-state index is -0.846. The molecule has 2 heterocycles. The maximum Gasteiger partial charge on any atom is 0.407 e. The number of hydrogen-bond donors (Lipinski definition) is 2. The molecule has 0 spiro atoms. The summed E-state index contributed by atoms with van der Waals surface area (Å²) in [4.78, 5) is 12.6. The lowest BCUT2D eigenvalue weighted by atomic mass is 9.68. The van der Waals surface area contributed by atoms with Crippen molar-refractivity contribution < 1.29 is 14.6 Å². The fourth-order valence-corrected chi connectivity index (χ4v) is 3.01. The molecule has 2 saturated heterocycles. The normalized spacial score (nSPS) is 34.3. The number of morpholine rings is 1. The van der Waals surface area contributed by atoms with Gasteiger partial charge < -0.3 is 20.1 Å². The van der Waals surface area contributed by atoms with E-state index in [1.807, 2.05) is 0 Å². The summed E-state index contributed by atoms with van der Waals surface area (Å²) in [5, 5.41) is 12.6. The number of fused-ring (bicyclic) bond motifs is 1. The molecule has 0 aromatic heterocycles. The van der Waals surface area contributed by atoms with Crippen molar-refractivity contribution in [1.29, 1.82) is 0 Å². The Morgan fingerprint density at radius 1 is 1.53 bits per heavy atom. The predicted octanol–water partition coefficient (Wildman–Crippen LogP) is 1.14. The van der Waals surface area contributed by atoms with Crippen LogP contribution in [0, 0.1) is 5.41 Å². The van der Waals surface area contributed by atoms with E-state index in [2.05, 4.69) is 26.1 Å². The van der Waals surface area contributed by atoms with Crippen LogP contribution in [0.5, 0.6) is 0 Å². The van der Waals surface area contributed by atoms with Gasteiger partial charge in [-0.2, -0.15) is 0 Å². The summed E-state index contributed by atoms with van der Waals surface area (Å²) in [6.07, 6.45) is -0.0231. The standard InChI is InChI=1S/C12H22N2O3/c1-11(2,3)12-8-14(10(15)16)6-4-9(12)13-5-7-17-12/h9,13H,4-8H2,1-3H3,(H,15,16)/t9-,12-/m1/s1. The highest BCUT2D eigenvalue weighted by Crippen LogP contribution is 2.42. The number of ether oxygens (including phenoxy) is 1. The molecular weight excluding hydrogens is 220 g/mol. The minimum Gasteiger partial charge on any atom is -0.465 e. The van der Waals surface area contributed by atoms with Crippen LogP contribution in [-0.2, 0) is 4.74 Å². The molecular formula is C12H22N2O3. The van der Waals surface area contributed by atoms with Crippen molar-refractivity contribution >= 4 is 6.09 Å². The number of nitrogens with one attached hydrogen (secondary N) is 1. The lowest BCUT2D eigenvalue weighted by molar-refractivity contribution is -0.183. The highest BCUT2D eigenvalue weighted by molar-refractivity contribution is 5.65. The van der Waals surface area contributed by atoms with Crippen LogP contribution in [0.15, 0.2) is 0 Å². The Kier molecular flexibility index (Phi) is 3.08. The molecule has 0 aliphatic carbocycles. The second-order valence-electron chi connectivity index (χ2n) is 5.99. The van der Waals surface area contributed by atoms with E-state index in [0.29, 0.717) is 19.7 Å². The van der Waals surface area contributed by atoms with Gasteiger partial charge in [0.2, 0.25) is 0 Å². The van der Waals surface area contributed by atoms with Gasteiger partial charge in [0.15, 0.2) is 0 Å². The summed E-state index contributed by atoms with van der Waals surface area (Å²) < 4.78 is 6.05. The molecule has 5 heteroatoms. The summed E-state index contributed by atoms with van der Waals surface area (Å²) in [7, 11) is 0. The summed E-state index contributed by atoms with van der Waals surface area (Å²) in [5.41, 5.74) is -0.485. The second-order valence-corrected chi connectivity index (χ2v) is 5.99. The zero-order valence-electron chi connectivity index (χ0n) is 10.8. The number of piperidine rings is 1. The Bertz CT molecular complexity index is 313. The van der Waals surface area contributed by atoms with Gasteiger partial charge in [0.05, 0.1) is 13.2 Å². The SMILES string of the molecule is CC(C)(C)[C@@]12CN(C(=O)O)CC[C@H]1NCCO2. The molecule has 2 aliphatic heterocycles. The average Bonchev–Trinajstić information content (AvgIpc) is 2.26. The van der Waals surface area contributed by atoms with Crippen molar-refractivity contribution in [3.05, 3.63) is 0 Å². The molecule has 0 saturated carbocycles. The Morgan fingerprint density at radius 2 is 2.24 bits per heavy atom. The van der Waals surface area contributed by atoms with Crippen LogP contribution in [0.4, 0.5) is 4.79 Å². The molecule has 2 fully saturated rings. The third-order valence-electron chi connectivity index (χ3n) is 4.07. The largest absolute Gasteiger partial charge is 0.465 e. The first-order valence-electron chi connectivity index (χ1n) is 6.22. The molecule has 0 radical (unpaired) electrons. The third-order valence-corrected chi connectivity index (χ3v) is 4.07. The van der Waals surface area contributed by atoms with E-state index >= 15 is 0 Å². The zero-order chi connectivity index (χ0) is 12.7.